The number of hydrogen-bond acceptors (Lipinski definition) is 3. The zero-order chi connectivity index (χ0) is 11.4. The molecular formula is C13H19NOS. The Hall–Kier alpha value is -0.700. The number of ketones is 1. The molecule has 2 nitrogen and oxygen atoms in total. The SMILES string of the molecule is CCCC1CCC(=O)C(Cc2cncs2)C1. The van der Waals surface area contributed by atoms with E-state index in [1.54, 1.807) is 11.3 Å². The van der Waals surface area contributed by atoms with Gasteiger partial charge in [-0.2, -0.15) is 0 Å². The molecule has 1 aromatic rings. The van der Waals surface area contributed by atoms with E-state index in [-0.39, 0.29) is 5.92 Å². The molecule has 0 saturated heterocycles. The minimum absolute atomic E-state index is 0.269. The largest absolute Gasteiger partial charge is 0.299 e. The lowest BCUT2D eigenvalue weighted by Crippen LogP contribution is -2.26. The second kappa shape index (κ2) is 5.58. The van der Waals surface area contributed by atoms with Gasteiger partial charge in [0.15, 0.2) is 0 Å². The number of hydrogen-bond donors (Lipinski definition) is 0. The van der Waals surface area contributed by atoms with Crippen molar-refractivity contribution < 1.29 is 4.79 Å². The molecule has 1 aromatic heterocycles. The van der Waals surface area contributed by atoms with Gasteiger partial charge in [0, 0.05) is 23.4 Å². The number of carbonyl (C=O) groups excluding carboxylic acids is 1. The van der Waals surface area contributed by atoms with Crippen LogP contribution in [0.3, 0.4) is 0 Å². The second-order valence-electron chi connectivity index (χ2n) is 4.76. The van der Waals surface area contributed by atoms with E-state index in [1.807, 2.05) is 11.7 Å². The maximum Gasteiger partial charge on any atom is 0.136 e. The van der Waals surface area contributed by atoms with E-state index in [9.17, 15) is 4.79 Å². The van der Waals surface area contributed by atoms with Gasteiger partial charge in [0.2, 0.25) is 0 Å². The summed E-state index contributed by atoms with van der Waals surface area (Å²) in [4.78, 5) is 17.2. The number of Topliss-reactive ketones (excluding diaryl/α,β-unsaturated/α-hetero) is 1. The van der Waals surface area contributed by atoms with Crippen molar-refractivity contribution in [1.82, 2.24) is 4.98 Å². The molecule has 1 saturated carbocycles. The molecule has 1 aliphatic rings. The number of nitrogens with zero attached hydrogens (tertiary/aromatic N) is 1. The Morgan fingerprint density at radius 2 is 2.44 bits per heavy atom. The third kappa shape index (κ3) is 2.91. The highest BCUT2D eigenvalue weighted by atomic mass is 32.1. The lowest BCUT2D eigenvalue weighted by atomic mass is 9.77. The summed E-state index contributed by atoms with van der Waals surface area (Å²) in [5.74, 6) is 1.52. The molecule has 0 amide bonds. The number of thiazole rings is 1. The van der Waals surface area contributed by atoms with Gasteiger partial charge in [-0.25, -0.2) is 0 Å². The molecule has 2 rings (SSSR count). The van der Waals surface area contributed by atoms with Crippen LogP contribution >= 0.6 is 11.3 Å². The standard InChI is InChI=1S/C13H19NOS/c1-2-3-10-4-5-13(15)11(6-10)7-12-8-14-9-16-12/h8-11H,2-7H2,1H3. The molecule has 1 aliphatic carbocycles. The molecule has 0 radical (unpaired) electrons. The molecule has 0 N–H and O–H groups in total. The molecule has 0 aliphatic heterocycles. The van der Waals surface area contributed by atoms with Crippen molar-refractivity contribution in [3.63, 3.8) is 0 Å². The molecule has 1 heterocycles. The summed E-state index contributed by atoms with van der Waals surface area (Å²) in [5, 5.41) is 0. The van der Waals surface area contributed by atoms with Gasteiger partial charge >= 0.3 is 0 Å². The van der Waals surface area contributed by atoms with Crippen molar-refractivity contribution in [3.8, 4) is 0 Å². The van der Waals surface area contributed by atoms with E-state index >= 15 is 0 Å². The van der Waals surface area contributed by atoms with Crippen molar-refractivity contribution >= 4 is 17.1 Å². The van der Waals surface area contributed by atoms with E-state index in [2.05, 4.69) is 11.9 Å². The van der Waals surface area contributed by atoms with Crippen LogP contribution in [0.15, 0.2) is 11.7 Å². The highest BCUT2D eigenvalue weighted by molar-refractivity contribution is 7.09. The summed E-state index contributed by atoms with van der Waals surface area (Å²) in [6, 6.07) is 0. The van der Waals surface area contributed by atoms with Gasteiger partial charge < -0.3 is 0 Å². The number of rotatable bonds is 4. The summed E-state index contributed by atoms with van der Waals surface area (Å²) < 4.78 is 0. The first-order valence-corrected chi connectivity index (χ1v) is 7.07. The molecule has 88 valence electrons. The van der Waals surface area contributed by atoms with E-state index in [0.29, 0.717) is 5.78 Å². The molecule has 1 fully saturated rings. The van der Waals surface area contributed by atoms with Gasteiger partial charge in [-0.05, 0) is 25.2 Å². The molecular weight excluding hydrogens is 218 g/mol. The molecule has 2 atom stereocenters. The van der Waals surface area contributed by atoms with Gasteiger partial charge in [0.05, 0.1) is 5.51 Å². The minimum atomic E-state index is 0.269. The summed E-state index contributed by atoms with van der Waals surface area (Å²) in [5.41, 5.74) is 1.85. The van der Waals surface area contributed by atoms with Crippen LogP contribution in [-0.2, 0) is 11.2 Å². The maximum absolute atomic E-state index is 11.9. The first kappa shape index (κ1) is 11.8. The Morgan fingerprint density at radius 1 is 1.56 bits per heavy atom. The van der Waals surface area contributed by atoms with Gasteiger partial charge in [-0.15, -0.1) is 11.3 Å². The first-order valence-electron chi connectivity index (χ1n) is 6.19. The Morgan fingerprint density at radius 3 is 3.12 bits per heavy atom. The average Bonchev–Trinajstić information content (AvgIpc) is 2.76. The van der Waals surface area contributed by atoms with E-state index in [4.69, 9.17) is 0 Å². The van der Waals surface area contributed by atoms with Crippen LogP contribution in [0.5, 0.6) is 0 Å². The van der Waals surface area contributed by atoms with Crippen LogP contribution in [0, 0.1) is 11.8 Å². The Kier molecular flexibility index (Phi) is 4.10. The van der Waals surface area contributed by atoms with Crippen molar-refractivity contribution in [1.29, 1.82) is 0 Å². The third-order valence-electron chi connectivity index (χ3n) is 3.50. The van der Waals surface area contributed by atoms with Crippen LogP contribution in [-0.4, -0.2) is 10.8 Å². The van der Waals surface area contributed by atoms with Crippen LogP contribution < -0.4 is 0 Å². The Bertz CT molecular complexity index is 334. The zero-order valence-electron chi connectivity index (χ0n) is 9.82. The molecule has 0 aromatic carbocycles. The molecule has 0 bridgehead atoms. The van der Waals surface area contributed by atoms with Crippen molar-refractivity contribution in [2.24, 2.45) is 11.8 Å². The smallest absolute Gasteiger partial charge is 0.136 e. The highest BCUT2D eigenvalue weighted by Crippen LogP contribution is 2.32. The normalized spacial score (nSPS) is 25.9. The predicted octanol–water partition coefficient (Wildman–Crippen LogP) is 3.47. The van der Waals surface area contributed by atoms with E-state index in [0.717, 1.165) is 31.6 Å². The molecule has 3 heteroatoms. The minimum Gasteiger partial charge on any atom is -0.299 e. The van der Waals surface area contributed by atoms with Crippen molar-refractivity contribution in [3.05, 3.63) is 16.6 Å². The van der Waals surface area contributed by atoms with Gasteiger partial charge in [0.25, 0.3) is 0 Å². The lowest BCUT2D eigenvalue weighted by Gasteiger charge is -2.27. The topological polar surface area (TPSA) is 30.0 Å². The monoisotopic (exact) mass is 237 g/mol. The molecule has 0 spiro atoms. The van der Waals surface area contributed by atoms with Gasteiger partial charge in [-0.3, -0.25) is 9.78 Å². The number of aromatic nitrogens is 1. The second-order valence-corrected chi connectivity index (χ2v) is 5.74. The molecule has 16 heavy (non-hydrogen) atoms. The summed E-state index contributed by atoms with van der Waals surface area (Å²) in [6.45, 7) is 2.23. The Labute approximate surface area is 101 Å². The highest BCUT2D eigenvalue weighted by Gasteiger charge is 2.28. The maximum atomic E-state index is 11.9. The molecule has 2 unspecified atom stereocenters. The van der Waals surface area contributed by atoms with Gasteiger partial charge in [-0.1, -0.05) is 19.8 Å². The van der Waals surface area contributed by atoms with Crippen LogP contribution in [0.25, 0.3) is 0 Å². The Balaban J connectivity index is 1.93. The van der Waals surface area contributed by atoms with Crippen molar-refractivity contribution in [2.45, 2.75) is 45.4 Å². The lowest BCUT2D eigenvalue weighted by molar-refractivity contribution is -0.125. The zero-order valence-corrected chi connectivity index (χ0v) is 10.6. The predicted molar refractivity (Wildman–Crippen MR) is 66.6 cm³/mol. The quantitative estimate of drug-likeness (QED) is 0.802. The van der Waals surface area contributed by atoms with Crippen LogP contribution in [0.1, 0.15) is 43.9 Å². The summed E-state index contributed by atoms with van der Waals surface area (Å²) in [6.07, 6.45) is 8.37. The van der Waals surface area contributed by atoms with Gasteiger partial charge in [0.1, 0.15) is 5.78 Å². The summed E-state index contributed by atoms with van der Waals surface area (Å²) in [7, 11) is 0. The van der Waals surface area contributed by atoms with Crippen LogP contribution in [0.2, 0.25) is 0 Å². The van der Waals surface area contributed by atoms with E-state index < -0.39 is 0 Å². The fraction of sp³-hybridized carbons (Fsp3) is 0.692. The fourth-order valence-electron chi connectivity index (χ4n) is 2.66. The van der Waals surface area contributed by atoms with Crippen molar-refractivity contribution in [2.75, 3.05) is 0 Å². The van der Waals surface area contributed by atoms with E-state index in [1.165, 1.54) is 17.7 Å². The summed E-state index contributed by atoms with van der Waals surface area (Å²) >= 11 is 1.67. The van der Waals surface area contributed by atoms with Crippen LogP contribution in [0.4, 0.5) is 0 Å². The first-order chi connectivity index (χ1) is 7.79. The average molecular weight is 237 g/mol. The third-order valence-corrected chi connectivity index (χ3v) is 4.30. The fourth-order valence-corrected chi connectivity index (χ4v) is 3.33. The number of carbonyl (C=O) groups is 1.